The lowest BCUT2D eigenvalue weighted by Crippen LogP contribution is -2.51. The number of likely N-dealkylation sites (tertiary alicyclic amines) is 1. The average Bonchev–Trinajstić information content (AvgIpc) is 3.18. The van der Waals surface area contributed by atoms with Crippen LogP contribution < -0.4 is 0 Å². The number of amides is 1. The summed E-state index contributed by atoms with van der Waals surface area (Å²) in [5.74, 6) is -0.285. The van der Waals surface area contributed by atoms with Gasteiger partial charge in [0.25, 0.3) is 5.91 Å². The monoisotopic (exact) mass is 369 g/mol. The normalized spacial score (nSPS) is 19.7. The Morgan fingerprint density at radius 1 is 1.22 bits per heavy atom. The second-order valence-electron chi connectivity index (χ2n) is 7.08. The number of esters is 1. The molecule has 6 heteroatoms. The Bertz CT molecular complexity index is 787. The topological polar surface area (TPSA) is 64.4 Å². The molecular weight excluding hydrogens is 342 g/mol. The maximum Gasteiger partial charge on any atom is 0.314 e. The second kappa shape index (κ2) is 8.37. The van der Waals surface area contributed by atoms with Crippen LogP contribution in [0.4, 0.5) is 0 Å². The molecule has 1 fully saturated rings. The van der Waals surface area contributed by atoms with Crippen molar-refractivity contribution in [3.8, 4) is 0 Å². The van der Waals surface area contributed by atoms with Crippen molar-refractivity contribution in [3.63, 3.8) is 0 Å². The SMILES string of the molecule is CCOC(=O)[C@]1(Cc2ccccc2)CCCN(C(=O)c2cnn(CC)c2)C1. The van der Waals surface area contributed by atoms with Crippen LogP contribution in [0.25, 0.3) is 0 Å². The number of rotatable bonds is 6. The maximum atomic E-state index is 13.0. The van der Waals surface area contributed by atoms with E-state index in [0.29, 0.717) is 38.2 Å². The van der Waals surface area contributed by atoms with Crippen molar-refractivity contribution < 1.29 is 14.3 Å². The van der Waals surface area contributed by atoms with Crippen molar-refractivity contribution in [1.82, 2.24) is 14.7 Å². The van der Waals surface area contributed by atoms with Crippen molar-refractivity contribution in [3.05, 3.63) is 53.9 Å². The number of carbonyl (C=O) groups is 2. The zero-order valence-electron chi connectivity index (χ0n) is 16.1. The lowest BCUT2D eigenvalue weighted by atomic mass is 9.75. The molecule has 0 aliphatic carbocycles. The van der Waals surface area contributed by atoms with Crippen LogP contribution >= 0.6 is 0 Å². The summed E-state index contributed by atoms with van der Waals surface area (Å²) in [6, 6.07) is 9.95. The lowest BCUT2D eigenvalue weighted by Gasteiger charge is -2.41. The predicted octanol–water partition coefficient (Wildman–Crippen LogP) is 2.93. The highest BCUT2D eigenvalue weighted by molar-refractivity contribution is 5.94. The first-order chi connectivity index (χ1) is 13.1. The molecule has 1 aromatic heterocycles. The average molecular weight is 369 g/mol. The van der Waals surface area contributed by atoms with E-state index in [1.807, 2.05) is 44.2 Å². The Morgan fingerprint density at radius 3 is 2.67 bits per heavy atom. The van der Waals surface area contributed by atoms with Crippen molar-refractivity contribution >= 4 is 11.9 Å². The Hall–Kier alpha value is -2.63. The molecule has 0 unspecified atom stereocenters. The summed E-state index contributed by atoms with van der Waals surface area (Å²) in [4.78, 5) is 27.7. The molecule has 0 saturated carbocycles. The summed E-state index contributed by atoms with van der Waals surface area (Å²) >= 11 is 0. The van der Waals surface area contributed by atoms with Gasteiger partial charge in [-0.05, 0) is 38.7 Å². The second-order valence-corrected chi connectivity index (χ2v) is 7.08. The molecular formula is C21H27N3O3. The number of benzene rings is 1. The molecule has 1 amide bonds. The van der Waals surface area contributed by atoms with Gasteiger partial charge in [0.1, 0.15) is 0 Å². The van der Waals surface area contributed by atoms with Gasteiger partial charge in [-0.15, -0.1) is 0 Å². The van der Waals surface area contributed by atoms with Gasteiger partial charge >= 0.3 is 5.97 Å². The molecule has 1 aromatic carbocycles. The van der Waals surface area contributed by atoms with Gasteiger partial charge in [0, 0.05) is 25.8 Å². The number of piperidine rings is 1. The Morgan fingerprint density at radius 2 is 2.00 bits per heavy atom. The van der Waals surface area contributed by atoms with Gasteiger partial charge in [-0.3, -0.25) is 14.3 Å². The zero-order chi connectivity index (χ0) is 19.3. The lowest BCUT2D eigenvalue weighted by molar-refractivity contribution is -0.158. The summed E-state index contributed by atoms with van der Waals surface area (Å²) in [6.45, 7) is 5.87. The van der Waals surface area contributed by atoms with Gasteiger partial charge < -0.3 is 9.64 Å². The van der Waals surface area contributed by atoms with Crippen LogP contribution in [0.1, 0.15) is 42.6 Å². The van der Waals surface area contributed by atoms with E-state index in [1.54, 1.807) is 22.0 Å². The molecule has 27 heavy (non-hydrogen) atoms. The molecule has 2 aromatic rings. The molecule has 0 bridgehead atoms. The summed E-state index contributed by atoms with van der Waals surface area (Å²) in [7, 11) is 0. The van der Waals surface area contributed by atoms with E-state index < -0.39 is 5.41 Å². The zero-order valence-corrected chi connectivity index (χ0v) is 16.1. The molecule has 0 radical (unpaired) electrons. The van der Waals surface area contributed by atoms with Crippen LogP contribution in [-0.4, -0.2) is 46.3 Å². The van der Waals surface area contributed by atoms with E-state index >= 15 is 0 Å². The number of aromatic nitrogens is 2. The number of carbonyl (C=O) groups excluding carboxylic acids is 2. The van der Waals surface area contributed by atoms with E-state index in [4.69, 9.17) is 4.74 Å². The summed E-state index contributed by atoms with van der Waals surface area (Å²) < 4.78 is 7.15. The van der Waals surface area contributed by atoms with Crippen LogP contribution in [0.2, 0.25) is 0 Å². The Kier molecular flexibility index (Phi) is 5.94. The number of aryl methyl sites for hydroxylation is 1. The molecule has 1 atom stereocenters. The minimum atomic E-state index is -0.702. The summed E-state index contributed by atoms with van der Waals surface area (Å²) in [5.41, 5.74) is 0.946. The fourth-order valence-corrected chi connectivity index (χ4v) is 3.79. The molecule has 3 rings (SSSR count). The van der Waals surface area contributed by atoms with Crippen molar-refractivity contribution in [2.45, 2.75) is 39.7 Å². The van der Waals surface area contributed by atoms with Crippen molar-refractivity contribution in [2.24, 2.45) is 5.41 Å². The van der Waals surface area contributed by atoms with Gasteiger partial charge in [-0.25, -0.2) is 0 Å². The first-order valence-corrected chi connectivity index (χ1v) is 9.61. The van der Waals surface area contributed by atoms with E-state index in [0.717, 1.165) is 18.4 Å². The number of nitrogens with zero attached hydrogens (tertiary/aromatic N) is 3. The fourth-order valence-electron chi connectivity index (χ4n) is 3.79. The molecule has 0 spiro atoms. The first-order valence-electron chi connectivity index (χ1n) is 9.61. The van der Waals surface area contributed by atoms with Gasteiger partial charge in [0.05, 0.1) is 23.8 Å². The molecule has 2 heterocycles. The number of hydrogen-bond donors (Lipinski definition) is 0. The van der Waals surface area contributed by atoms with Crippen LogP contribution in [0.5, 0.6) is 0 Å². The summed E-state index contributed by atoms with van der Waals surface area (Å²) in [6.07, 6.45) is 5.44. The van der Waals surface area contributed by atoms with Crippen molar-refractivity contribution in [1.29, 1.82) is 0 Å². The van der Waals surface area contributed by atoms with Gasteiger partial charge in [-0.2, -0.15) is 5.10 Å². The van der Waals surface area contributed by atoms with Crippen LogP contribution in [0, 0.1) is 5.41 Å². The molecule has 6 nitrogen and oxygen atoms in total. The van der Waals surface area contributed by atoms with Gasteiger partial charge in [0.15, 0.2) is 0 Å². The largest absolute Gasteiger partial charge is 0.466 e. The van der Waals surface area contributed by atoms with E-state index in [2.05, 4.69) is 5.10 Å². The van der Waals surface area contributed by atoms with E-state index in [9.17, 15) is 9.59 Å². The minimum absolute atomic E-state index is 0.0730. The third-order valence-corrected chi connectivity index (χ3v) is 5.16. The standard InChI is InChI=1S/C21H27N3O3/c1-3-24-15-18(14-22-24)19(25)23-12-8-11-21(16-23,20(26)27-4-2)13-17-9-6-5-7-10-17/h5-7,9-10,14-15H,3-4,8,11-13,16H2,1-2H3/t21-/m0/s1. The molecule has 1 aliphatic rings. The number of hydrogen-bond acceptors (Lipinski definition) is 4. The summed E-state index contributed by atoms with van der Waals surface area (Å²) in [5, 5.41) is 4.20. The third kappa shape index (κ3) is 4.21. The fraction of sp³-hybridized carbons (Fsp3) is 0.476. The quantitative estimate of drug-likeness (QED) is 0.735. The van der Waals surface area contributed by atoms with Gasteiger partial charge in [-0.1, -0.05) is 30.3 Å². The highest BCUT2D eigenvalue weighted by atomic mass is 16.5. The van der Waals surface area contributed by atoms with E-state index in [1.165, 1.54) is 0 Å². The molecule has 144 valence electrons. The Balaban J connectivity index is 1.84. The molecule has 1 aliphatic heterocycles. The van der Waals surface area contributed by atoms with E-state index in [-0.39, 0.29) is 11.9 Å². The van der Waals surface area contributed by atoms with Crippen molar-refractivity contribution in [2.75, 3.05) is 19.7 Å². The maximum absolute atomic E-state index is 13.0. The third-order valence-electron chi connectivity index (χ3n) is 5.16. The highest BCUT2D eigenvalue weighted by Gasteiger charge is 2.45. The molecule has 0 N–H and O–H groups in total. The molecule has 1 saturated heterocycles. The van der Waals surface area contributed by atoms with Crippen LogP contribution in [-0.2, 0) is 22.5 Å². The first kappa shape index (κ1) is 19.1. The minimum Gasteiger partial charge on any atom is -0.466 e. The van der Waals surface area contributed by atoms with Crippen LogP contribution in [0.15, 0.2) is 42.7 Å². The van der Waals surface area contributed by atoms with Crippen LogP contribution in [0.3, 0.4) is 0 Å². The number of ether oxygens (including phenoxy) is 1. The van der Waals surface area contributed by atoms with Gasteiger partial charge in [0.2, 0.25) is 0 Å². The predicted molar refractivity (Wildman–Crippen MR) is 102 cm³/mol. The highest BCUT2D eigenvalue weighted by Crippen LogP contribution is 2.36. The smallest absolute Gasteiger partial charge is 0.314 e. The Labute approximate surface area is 160 Å².